The van der Waals surface area contributed by atoms with Gasteiger partial charge in [0.05, 0.1) is 11.9 Å². The summed E-state index contributed by atoms with van der Waals surface area (Å²) < 4.78 is 27.5. The number of pyridine rings is 1. The molecule has 1 amide bonds. The molecule has 0 aliphatic carbocycles. The molecule has 3 rings (SSSR count). The Balaban J connectivity index is 2.27. The van der Waals surface area contributed by atoms with Crippen LogP contribution in [0.5, 0.6) is 0 Å². The molecule has 4 N–H and O–H groups in total. The van der Waals surface area contributed by atoms with Crippen LogP contribution >= 0.6 is 0 Å². The number of rotatable bonds is 2. The standard InChI is InChI=1S/C18H14F2N4O/c1-9-6-11(19)3-5-12(9)16-14-7-10(17(25)24-18(21)22)2-4-13(14)15(20)8-23-16/h2-8H,1H3,(H4,21,22,24,25). The summed E-state index contributed by atoms with van der Waals surface area (Å²) in [5.74, 6) is -1.92. The van der Waals surface area contributed by atoms with Crippen LogP contribution in [0.3, 0.4) is 0 Å². The number of carbonyl (C=O) groups is 1. The van der Waals surface area contributed by atoms with Crippen LogP contribution in [0, 0.1) is 18.6 Å². The van der Waals surface area contributed by atoms with Crippen LogP contribution in [0.2, 0.25) is 0 Å². The third-order valence-corrected chi connectivity index (χ3v) is 3.76. The number of aryl methyl sites for hydroxylation is 1. The molecule has 0 atom stereocenters. The number of nitrogens with two attached hydrogens (primary N) is 2. The first kappa shape index (κ1) is 16.5. The fourth-order valence-electron chi connectivity index (χ4n) is 2.63. The minimum absolute atomic E-state index is 0.189. The first-order valence-corrected chi connectivity index (χ1v) is 7.35. The van der Waals surface area contributed by atoms with Crippen molar-refractivity contribution >= 4 is 22.6 Å². The molecule has 1 aromatic heterocycles. The quantitative estimate of drug-likeness (QED) is 0.554. The van der Waals surface area contributed by atoms with Gasteiger partial charge in [0.15, 0.2) is 5.96 Å². The average Bonchev–Trinajstić information content (AvgIpc) is 2.55. The molecule has 0 unspecified atom stereocenters. The van der Waals surface area contributed by atoms with Gasteiger partial charge in [0.1, 0.15) is 11.6 Å². The first-order chi connectivity index (χ1) is 11.9. The largest absolute Gasteiger partial charge is 0.370 e. The topological polar surface area (TPSA) is 94.4 Å². The molecule has 0 bridgehead atoms. The van der Waals surface area contributed by atoms with Gasteiger partial charge in [-0.1, -0.05) is 6.07 Å². The lowest BCUT2D eigenvalue weighted by atomic mass is 9.98. The molecule has 0 aliphatic rings. The Hall–Kier alpha value is -3.35. The predicted molar refractivity (Wildman–Crippen MR) is 92.0 cm³/mol. The van der Waals surface area contributed by atoms with E-state index in [1.807, 2.05) is 0 Å². The molecule has 0 aliphatic heterocycles. The Morgan fingerprint density at radius 3 is 2.52 bits per heavy atom. The fraction of sp³-hybridized carbons (Fsp3) is 0.0556. The maximum absolute atomic E-state index is 14.1. The molecule has 0 fully saturated rings. The van der Waals surface area contributed by atoms with E-state index in [2.05, 4.69) is 9.98 Å². The van der Waals surface area contributed by atoms with Crippen molar-refractivity contribution in [1.29, 1.82) is 0 Å². The second kappa shape index (κ2) is 6.27. The summed E-state index contributed by atoms with van der Waals surface area (Å²) in [4.78, 5) is 19.6. The molecule has 0 saturated carbocycles. The van der Waals surface area contributed by atoms with Crippen molar-refractivity contribution in [3.8, 4) is 11.3 Å². The molecule has 5 nitrogen and oxygen atoms in total. The van der Waals surface area contributed by atoms with Crippen molar-refractivity contribution in [3.05, 3.63) is 65.4 Å². The minimum Gasteiger partial charge on any atom is -0.370 e. The van der Waals surface area contributed by atoms with E-state index in [0.717, 1.165) is 6.20 Å². The van der Waals surface area contributed by atoms with Crippen LogP contribution in [0.1, 0.15) is 15.9 Å². The molecule has 7 heteroatoms. The first-order valence-electron chi connectivity index (χ1n) is 7.35. The molecule has 2 aromatic carbocycles. The smallest absolute Gasteiger partial charge is 0.280 e. The van der Waals surface area contributed by atoms with E-state index in [-0.39, 0.29) is 22.7 Å². The maximum atomic E-state index is 14.1. The summed E-state index contributed by atoms with van der Waals surface area (Å²) in [5, 5.41) is 0.696. The molecule has 0 spiro atoms. The van der Waals surface area contributed by atoms with Crippen molar-refractivity contribution in [3.63, 3.8) is 0 Å². The summed E-state index contributed by atoms with van der Waals surface area (Å²) in [6.07, 6.45) is 1.10. The van der Waals surface area contributed by atoms with Gasteiger partial charge in [0.25, 0.3) is 5.91 Å². The van der Waals surface area contributed by atoms with E-state index in [4.69, 9.17) is 11.5 Å². The molecule has 0 radical (unpaired) electrons. The Kier molecular flexibility index (Phi) is 4.14. The Bertz CT molecular complexity index is 1030. The minimum atomic E-state index is -0.645. The molecule has 25 heavy (non-hydrogen) atoms. The van der Waals surface area contributed by atoms with Crippen LogP contribution in [0.4, 0.5) is 8.78 Å². The van der Waals surface area contributed by atoms with Gasteiger partial charge in [-0.3, -0.25) is 9.78 Å². The van der Waals surface area contributed by atoms with E-state index in [1.165, 1.54) is 30.3 Å². The van der Waals surface area contributed by atoms with Crippen LogP contribution in [-0.4, -0.2) is 16.9 Å². The van der Waals surface area contributed by atoms with Crippen molar-refractivity contribution in [2.45, 2.75) is 6.92 Å². The summed E-state index contributed by atoms with van der Waals surface area (Å²) in [6.45, 7) is 1.73. The van der Waals surface area contributed by atoms with E-state index in [1.54, 1.807) is 13.0 Å². The number of benzene rings is 2. The predicted octanol–water partition coefficient (Wildman–Crippen LogP) is 2.90. The number of aliphatic imine (C=N–C) groups is 1. The number of hydrogen-bond donors (Lipinski definition) is 2. The molecule has 1 heterocycles. The Labute approximate surface area is 142 Å². The highest BCUT2D eigenvalue weighted by atomic mass is 19.1. The third-order valence-electron chi connectivity index (χ3n) is 3.76. The Morgan fingerprint density at radius 1 is 1.08 bits per heavy atom. The third kappa shape index (κ3) is 3.16. The van der Waals surface area contributed by atoms with Gasteiger partial charge in [-0.25, -0.2) is 8.78 Å². The normalized spacial score (nSPS) is 10.7. The van der Waals surface area contributed by atoms with E-state index in [9.17, 15) is 13.6 Å². The number of fused-ring (bicyclic) bond motifs is 1. The van der Waals surface area contributed by atoms with Crippen molar-refractivity contribution < 1.29 is 13.6 Å². The monoisotopic (exact) mass is 340 g/mol. The number of hydrogen-bond acceptors (Lipinski definition) is 2. The lowest BCUT2D eigenvalue weighted by Crippen LogP contribution is -2.24. The number of guanidine groups is 1. The van der Waals surface area contributed by atoms with Crippen molar-refractivity contribution in [2.24, 2.45) is 16.5 Å². The highest BCUT2D eigenvalue weighted by molar-refractivity contribution is 6.06. The second-order valence-electron chi connectivity index (χ2n) is 5.52. The van der Waals surface area contributed by atoms with Crippen molar-refractivity contribution in [1.82, 2.24) is 4.98 Å². The molecular formula is C18H14F2N4O. The SMILES string of the molecule is Cc1cc(F)ccc1-c1ncc(F)c2ccc(C(=O)N=C(N)N)cc12. The molecule has 3 aromatic rings. The van der Waals surface area contributed by atoms with Crippen LogP contribution in [-0.2, 0) is 0 Å². The fourth-order valence-corrected chi connectivity index (χ4v) is 2.63. The number of halogens is 2. The number of amides is 1. The van der Waals surface area contributed by atoms with E-state index < -0.39 is 11.7 Å². The van der Waals surface area contributed by atoms with Gasteiger partial charge in [-0.2, -0.15) is 4.99 Å². The Morgan fingerprint density at radius 2 is 1.84 bits per heavy atom. The lowest BCUT2D eigenvalue weighted by molar-refractivity contribution is 0.100. The summed E-state index contributed by atoms with van der Waals surface area (Å²) >= 11 is 0. The van der Waals surface area contributed by atoms with Gasteiger partial charge in [-0.05, 0) is 42.8 Å². The van der Waals surface area contributed by atoms with Crippen LogP contribution < -0.4 is 11.5 Å². The zero-order valence-electron chi connectivity index (χ0n) is 13.3. The number of carbonyl (C=O) groups excluding carboxylic acids is 1. The highest BCUT2D eigenvalue weighted by Gasteiger charge is 2.14. The van der Waals surface area contributed by atoms with Gasteiger partial charge < -0.3 is 11.5 Å². The highest BCUT2D eigenvalue weighted by Crippen LogP contribution is 2.31. The van der Waals surface area contributed by atoms with Crippen LogP contribution in [0.25, 0.3) is 22.0 Å². The zero-order chi connectivity index (χ0) is 18.1. The molecule has 0 saturated heterocycles. The second-order valence-corrected chi connectivity index (χ2v) is 5.52. The number of nitrogens with zero attached hydrogens (tertiary/aromatic N) is 2. The zero-order valence-corrected chi connectivity index (χ0v) is 13.3. The summed E-state index contributed by atoms with van der Waals surface area (Å²) in [6, 6.07) is 8.59. The maximum Gasteiger partial charge on any atom is 0.280 e. The van der Waals surface area contributed by atoms with Crippen molar-refractivity contribution in [2.75, 3.05) is 0 Å². The summed E-state index contributed by atoms with van der Waals surface area (Å²) in [5.41, 5.74) is 12.3. The summed E-state index contributed by atoms with van der Waals surface area (Å²) in [7, 11) is 0. The number of aromatic nitrogens is 1. The molecule has 126 valence electrons. The average molecular weight is 340 g/mol. The van der Waals surface area contributed by atoms with E-state index >= 15 is 0 Å². The van der Waals surface area contributed by atoms with Gasteiger partial charge in [0.2, 0.25) is 0 Å². The van der Waals surface area contributed by atoms with Gasteiger partial charge >= 0.3 is 0 Å². The van der Waals surface area contributed by atoms with Crippen LogP contribution in [0.15, 0.2) is 47.6 Å². The molecular weight excluding hydrogens is 326 g/mol. The lowest BCUT2D eigenvalue weighted by Gasteiger charge is -2.10. The van der Waals surface area contributed by atoms with Gasteiger partial charge in [0, 0.05) is 21.9 Å². The van der Waals surface area contributed by atoms with Gasteiger partial charge in [-0.15, -0.1) is 0 Å². The van der Waals surface area contributed by atoms with E-state index in [0.29, 0.717) is 22.2 Å².